The number of fused-ring (bicyclic) bond motifs is 1. The summed E-state index contributed by atoms with van der Waals surface area (Å²) in [7, 11) is -4.40. The lowest BCUT2D eigenvalue weighted by Crippen LogP contribution is -2.45. The Balaban J connectivity index is 1.78. The van der Waals surface area contributed by atoms with Gasteiger partial charge in [0.2, 0.25) is 0 Å². The molecule has 0 aliphatic carbocycles. The number of rotatable bonds is 3. The van der Waals surface area contributed by atoms with Crippen molar-refractivity contribution in [3.8, 4) is 0 Å². The Labute approximate surface area is 167 Å². The maximum atomic E-state index is 12.6. The third kappa shape index (κ3) is 4.13. The van der Waals surface area contributed by atoms with Crippen molar-refractivity contribution in [2.75, 3.05) is 10.6 Å². The summed E-state index contributed by atoms with van der Waals surface area (Å²) in [6.07, 6.45) is 0. The summed E-state index contributed by atoms with van der Waals surface area (Å²) < 4.78 is 31.5. The zero-order valence-electron chi connectivity index (χ0n) is 15.9. The van der Waals surface area contributed by atoms with Gasteiger partial charge < -0.3 is 10.6 Å². The maximum Gasteiger partial charge on any atom is 0.323 e. The van der Waals surface area contributed by atoms with Crippen molar-refractivity contribution in [1.82, 2.24) is 4.90 Å². The van der Waals surface area contributed by atoms with Gasteiger partial charge in [-0.05, 0) is 57.2 Å². The number of hydrogen-bond acceptors (Lipinski definition) is 5. The van der Waals surface area contributed by atoms with Crippen molar-refractivity contribution in [1.29, 1.82) is 0 Å². The van der Waals surface area contributed by atoms with E-state index in [0.717, 1.165) is 6.07 Å². The summed E-state index contributed by atoms with van der Waals surface area (Å²) in [6.45, 7) is 5.26. The first-order chi connectivity index (χ1) is 13.4. The van der Waals surface area contributed by atoms with E-state index in [2.05, 4.69) is 10.6 Å². The van der Waals surface area contributed by atoms with Gasteiger partial charge >= 0.3 is 6.03 Å². The highest BCUT2D eigenvalue weighted by Crippen LogP contribution is 2.31. The predicted molar refractivity (Wildman–Crippen MR) is 106 cm³/mol. The molecule has 0 bridgehead atoms. The van der Waals surface area contributed by atoms with Gasteiger partial charge in [-0.2, -0.15) is 8.42 Å². The molecule has 0 unspecified atom stereocenters. The Bertz CT molecular complexity index is 1130. The topological polar surface area (TPSA) is 133 Å². The predicted octanol–water partition coefficient (Wildman–Crippen LogP) is 2.97. The largest absolute Gasteiger partial charge is 0.323 e. The molecule has 2 aromatic rings. The molecule has 0 saturated carbocycles. The van der Waals surface area contributed by atoms with Crippen LogP contribution in [0.15, 0.2) is 47.4 Å². The van der Waals surface area contributed by atoms with E-state index in [1.807, 2.05) is 0 Å². The lowest BCUT2D eigenvalue weighted by molar-refractivity contribution is 0.0507. The molecule has 29 heavy (non-hydrogen) atoms. The molecule has 0 atom stereocenters. The number of benzene rings is 2. The van der Waals surface area contributed by atoms with Crippen LogP contribution in [0.25, 0.3) is 0 Å². The monoisotopic (exact) mass is 417 g/mol. The zero-order valence-corrected chi connectivity index (χ0v) is 16.7. The van der Waals surface area contributed by atoms with Gasteiger partial charge in [0.15, 0.2) is 0 Å². The van der Waals surface area contributed by atoms with Gasteiger partial charge in [-0.1, -0.05) is 6.07 Å². The van der Waals surface area contributed by atoms with E-state index < -0.39 is 33.5 Å². The van der Waals surface area contributed by atoms with Crippen LogP contribution in [-0.4, -0.2) is 41.3 Å². The number of anilines is 2. The second kappa shape index (κ2) is 6.98. The third-order valence-electron chi connectivity index (χ3n) is 4.21. The second-order valence-corrected chi connectivity index (χ2v) is 8.88. The minimum atomic E-state index is -4.40. The minimum absolute atomic E-state index is 0.143. The molecule has 1 heterocycles. The molecule has 3 N–H and O–H groups in total. The van der Waals surface area contributed by atoms with Crippen molar-refractivity contribution in [2.45, 2.75) is 31.2 Å². The molecule has 0 saturated heterocycles. The number of carbonyl (C=O) groups is 3. The van der Waals surface area contributed by atoms with Gasteiger partial charge in [0.1, 0.15) is 0 Å². The fourth-order valence-corrected chi connectivity index (χ4v) is 3.48. The van der Waals surface area contributed by atoms with Crippen LogP contribution in [0.1, 0.15) is 41.5 Å². The molecular formula is C19H19N3O6S. The number of imide groups is 1. The fraction of sp³-hybridized carbons (Fsp3) is 0.211. The number of hydrogen-bond donors (Lipinski definition) is 3. The van der Waals surface area contributed by atoms with E-state index in [1.54, 1.807) is 20.8 Å². The van der Waals surface area contributed by atoms with Crippen molar-refractivity contribution in [3.63, 3.8) is 0 Å². The van der Waals surface area contributed by atoms with E-state index in [0.29, 0.717) is 0 Å². The highest BCUT2D eigenvalue weighted by Gasteiger charge is 2.41. The normalized spacial score (nSPS) is 14.0. The van der Waals surface area contributed by atoms with Crippen LogP contribution in [-0.2, 0) is 10.1 Å². The molecule has 0 spiro atoms. The van der Waals surface area contributed by atoms with Crippen molar-refractivity contribution >= 4 is 39.3 Å². The number of carbonyl (C=O) groups excluding carboxylic acids is 3. The zero-order chi connectivity index (χ0) is 21.6. The van der Waals surface area contributed by atoms with Crippen LogP contribution in [0.3, 0.4) is 0 Å². The lowest BCUT2D eigenvalue weighted by Gasteiger charge is -2.29. The van der Waals surface area contributed by atoms with Crippen LogP contribution in [0.5, 0.6) is 0 Å². The summed E-state index contributed by atoms with van der Waals surface area (Å²) in [4.78, 5) is 38.1. The van der Waals surface area contributed by atoms with Crippen molar-refractivity contribution in [2.24, 2.45) is 0 Å². The second-order valence-electron chi connectivity index (χ2n) is 7.46. The first-order valence-corrected chi connectivity index (χ1v) is 10.0. The molecule has 4 amide bonds. The Hall–Kier alpha value is -3.24. The number of amides is 4. The highest BCUT2D eigenvalue weighted by atomic mass is 32.2. The fourth-order valence-electron chi connectivity index (χ4n) is 2.96. The molecule has 1 aliphatic rings. The van der Waals surface area contributed by atoms with Gasteiger partial charge in [-0.25, -0.2) is 4.79 Å². The summed E-state index contributed by atoms with van der Waals surface area (Å²) in [5, 5.41) is 4.96. The Morgan fingerprint density at radius 1 is 0.931 bits per heavy atom. The quantitative estimate of drug-likeness (QED) is 0.519. The van der Waals surface area contributed by atoms with E-state index in [1.165, 1.54) is 41.3 Å². The van der Waals surface area contributed by atoms with Crippen LogP contribution >= 0.6 is 0 Å². The molecule has 0 aromatic heterocycles. The molecule has 1 aliphatic heterocycles. The van der Waals surface area contributed by atoms with Gasteiger partial charge in [0.05, 0.1) is 16.0 Å². The third-order valence-corrected chi connectivity index (χ3v) is 5.05. The first-order valence-electron chi connectivity index (χ1n) is 8.56. The maximum absolute atomic E-state index is 12.6. The van der Waals surface area contributed by atoms with E-state index in [9.17, 15) is 22.8 Å². The van der Waals surface area contributed by atoms with Crippen molar-refractivity contribution < 1.29 is 27.4 Å². The van der Waals surface area contributed by atoms with Crippen molar-refractivity contribution in [3.05, 3.63) is 53.6 Å². The number of nitrogens with zero attached hydrogens (tertiary/aromatic N) is 1. The number of urea groups is 1. The molecule has 152 valence electrons. The Kier molecular flexibility index (Phi) is 4.93. The van der Waals surface area contributed by atoms with Gasteiger partial charge in [-0.3, -0.25) is 19.0 Å². The van der Waals surface area contributed by atoms with E-state index in [4.69, 9.17) is 4.55 Å². The SMILES string of the molecule is CC(C)(C)N1C(=O)c2ccc(NC(=O)Nc3cccc(S(=O)(=O)O)c3)cc2C1=O. The lowest BCUT2D eigenvalue weighted by atomic mass is 10.1. The summed E-state index contributed by atoms with van der Waals surface area (Å²) in [6, 6.07) is 8.76. The molecular weight excluding hydrogens is 398 g/mol. The minimum Gasteiger partial charge on any atom is -0.308 e. The van der Waals surface area contributed by atoms with Crippen LogP contribution in [0.2, 0.25) is 0 Å². The van der Waals surface area contributed by atoms with Gasteiger partial charge in [-0.15, -0.1) is 0 Å². The highest BCUT2D eigenvalue weighted by molar-refractivity contribution is 7.85. The number of nitrogens with one attached hydrogen (secondary N) is 2. The van der Waals surface area contributed by atoms with Crippen LogP contribution in [0, 0.1) is 0 Å². The molecule has 2 aromatic carbocycles. The average Bonchev–Trinajstić information content (AvgIpc) is 2.84. The Morgan fingerprint density at radius 3 is 2.10 bits per heavy atom. The molecule has 3 rings (SSSR count). The first kappa shape index (κ1) is 20.5. The molecule has 10 heteroatoms. The summed E-state index contributed by atoms with van der Waals surface area (Å²) >= 11 is 0. The summed E-state index contributed by atoms with van der Waals surface area (Å²) in [5.74, 6) is -0.835. The average molecular weight is 417 g/mol. The van der Waals surface area contributed by atoms with E-state index >= 15 is 0 Å². The molecule has 0 radical (unpaired) electrons. The Morgan fingerprint density at radius 2 is 1.52 bits per heavy atom. The molecule has 0 fully saturated rings. The summed E-state index contributed by atoms with van der Waals surface area (Å²) in [5.41, 5.74) is 0.191. The standard InChI is InChI=1S/C19H19N3O6S/c1-19(2,3)22-16(23)14-8-7-12(10-15(14)17(22)24)21-18(25)20-11-5-4-6-13(9-11)29(26,27)28/h4-10H,1-3H3,(H2,20,21,25)(H,26,27,28). The van der Waals surface area contributed by atoms with Gasteiger partial charge in [0.25, 0.3) is 21.9 Å². The van der Waals surface area contributed by atoms with Crippen LogP contribution < -0.4 is 10.6 Å². The van der Waals surface area contributed by atoms with Gasteiger partial charge in [0, 0.05) is 16.9 Å². The molecule has 9 nitrogen and oxygen atoms in total. The van der Waals surface area contributed by atoms with E-state index in [-0.39, 0.29) is 27.4 Å². The smallest absolute Gasteiger partial charge is 0.308 e. The van der Waals surface area contributed by atoms with Crippen LogP contribution in [0.4, 0.5) is 16.2 Å².